The van der Waals surface area contributed by atoms with Crippen molar-refractivity contribution in [1.82, 2.24) is 5.32 Å². The van der Waals surface area contributed by atoms with Gasteiger partial charge >= 0.3 is 0 Å². The Kier molecular flexibility index (Phi) is 4.01. The van der Waals surface area contributed by atoms with Crippen LogP contribution in [0.1, 0.15) is 30.9 Å². The fraction of sp³-hybridized carbons (Fsp3) is 0.500. The fourth-order valence-electron chi connectivity index (χ4n) is 1.72. The molecular formula is C12H18N2O2. The molecular weight excluding hydrogens is 204 g/mol. The summed E-state index contributed by atoms with van der Waals surface area (Å²) >= 11 is 0. The van der Waals surface area contributed by atoms with Crippen LogP contribution < -0.4 is 5.32 Å². The highest BCUT2D eigenvalue weighted by molar-refractivity contribution is 5.45. The Bertz CT molecular complexity index is 391. The van der Waals surface area contributed by atoms with E-state index in [0.29, 0.717) is 0 Å². The van der Waals surface area contributed by atoms with E-state index < -0.39 is 0 Å². The highest BCUT2D eigenvalue weighted by Crippen LogP contribution is 2.29. The zero-order chi connectivity index (χ0) is 12.3. The van der Waals surface area contributed by atoms with E-state index in [2.05, 4.69) is 5.32 Å². The summed E-state index contributed by atoms with van der Waals surface area (Å²) < 4.78 is 0. The Labute approximate surface area is 95.8 Å². The third-order valence-corrected chi connectivity index (χ3v) is 3.08. The first-order valence-electron chi connectivity index (χ1n) is 5.39. The summed E-state index contributed by atoms with van der Waals surface area (Å²) in [6.07, 6.45) is 0. The van der Waals surface area contributed by atoms with E-state index in [0.717, 1.165) is 11.1 Å². The molecule has 2 unspecified atom stereocenters. The number of nitrogens with zero attached hydrogens (tertiary/aromatic N) is 1. The lowest BCUT2D eigenvalue weighted by molar-refractivity contribution is -0.385. The largest absolute Gasteiger partial charge is 0.317 e. The smallest absolute Gasteiger partial charge is 0.273 e. The van der Waals surface area contributed by atoms with E-state index in [1.165, 1.54) is 0 Å². The number of nitro groups is 1. The Morgan fingerprint density at radius 2 is 2.00 bits per heavy atom. The summed E-state index contributed by atoms with van der Waals surface area (Å²) in [6, 6.07) is 5.61. The maximum atomic E-state index is 11.0. The van der Waals surface area contributed by atoms with Gasteiger partial charge in [-0.05, 0) is 26.5 Å². The van der Waals surface area contributed by atoms with Crippen LogP contribution in [-0.2, 0) is 0 Å². The highest BCUT2D eigenvalue weighted by atomic mass is 16.6. The van der Waals surface area contributed by atoms with Crippen molar-refractivity contribution in [3.05, 3.63) is 39.4 Å². The van der Waals surface area contributed by atoms with Crippen molar-refractivity contribution in [3.63, 3.8) is 0 Å². The molecule has 16 heavy (non-hydrogen) atoms. The fourth-order valence-corrected chi connectivity index (χ4v) is 1.72. The maximum Gasteiger partial charge on any atom is 0.273 e. The quantitative estimate of drug-likeness (QED) is 0.629. The number of nitro benzene ring substituents is 1. The van der Waals surface area contributed by atoms with E-state index in [1.54, 1.807) is 6.07 Å². The molecule has 0 aliphatic heterocycles. The maximum absolute atomic E-state index is 11.0. The summed E-state index contributed by atoms with van der Waals surface area (Å²) in [5.74, 6) is 0.117. The van der Waals surface area contributed by atoms with E-state index >= 15 is 0 Å². The van der Waals surface area contributed by atoms with Gasteiger partial charge in [-0.15, -0.1) is 0 Å². The lowest BCUT2D eigenvalue weighted by Crippen LogP contribution is -2.27. The number of hydrogen-bond donors (Lipinski definition) is 1. The summed E-state index contributed by atoms with van der Waals surface area (Å²) in [5.41, 5.74) is 1.92. The topological polar surface area (TPSA) is 55.2 Å². The standard InChI is InChI=1S/C12H18N2O2/c1-8-5-6-11(9(2)10(3)13-4)12(7-8)14(15)16/h5-7,9-10,13H,1-4H3. The molecule has 0 radical (unpaired) electrons. The molecule has 88 valence electrons. The van der Waals surface area contributed by atoms with Crippen molar-refractivity contribution >= 4 is 5.69 Å². The van der Waals surface area contributed by atoms with Crippen LogP contribution in [0.3, 0.4) is 0 Å². The molecule has 0 spiro atoms. The van der Waals surface area contributed by atoms with E-state index in [-0.39, 0.29) is 22.6 Å². The molecule has 0 amide bonds. The van der Waals surface area contributed by atoms with Crippen molar-refractivity contribution in [3.8, 4) is 0 Å². The number of benzene rings is 1. The lowest BCUT2D eigenvalue weighted by Gasteiger charge is -2.19. The van der Waals surface area contributed by atoms with Crippen molar-refractivity contribution < 1.29 is 4.92 Å². The molecule has 1 rings (SSSR count). The molecule has 1 aromatic rings. The number of likely N-dealkylation sites (N-methyl/N-ethyl adjacent to an activating group) is 1. The van der Waals surface area contributed by atoms with E-state index in [9.17, 15) is 10.1 Å². The van der Waals surface area contributed by atoms with Crippen LogP contribution in [0.4, 0.5) is 5.69 Å². The third kappa shape index (κ3) is 2.58. The second-order valence-corrected chi connectivity index (χ2v) is 4.19. The first-order chi connectivity index (χ1) is 7.47. The average Bonchev–Trinajstić information content (AvgIpc) is 2.26. The Balaban J connectivity index is 3.17. The average molecular weight is 222 g/mol. The molecule has 0 heterocycles. The third-order valence-electron chi connectivity index (χ3n) is 3.08. The molecule has 2 atom stereocenters. The van der Waals surface area contributed by atoms with E-state index in [4.69, 9.17) is 0 Å². The summed E-state index contributed by atoms with van der Waals surface area (Å²) in [7, 11) is 1.86. The van der Waals surface area contributed by atoms with Crippen molar-refractivity contribution in [1.29, 1.82) is 0 Å². The Hall–Kier alpha value is -1.42. The van der Waals surface area contributed by atoms with Crippen molar-refractivity contribution in [2.45, 2.75) is 32.7 Å². The van der Waals surface area contributed by atoms with Gasteiger partial charge in [0.2, 0.25) is 0 Å². The van der Waals surface area contributed by atoms with Gasteiger partial charge in [0.1, 0.15) is 0 Å². The van der Waals surface area contributed by atoms with Gasteiger partial charge in [0, 0.05) is 23.6 Å². The normalized spacial score (nSPS) is 14.5. The summed E-state index contributed by atoms with van der Waals surface area (Å²) in [4.78, 5) is 10.7. The first kappa shape index (κ1) is 12.6. The van der Waals surface area contributed by atoms with Gasteiger partial charge < -0.3 is 5.32 Å². The lowest BCUT2D eigenvalue weighted by atomic mass is 9.92. The van der Waals surface area contributed by atoms with Crippen LogP contribution in [0.5, 0.6) is 0 Å². The second kappa shape index (κ2) is 5.07. The van der Waals surface area contributed by atoms with Gasteiger partial charge in [-0.25, -0.2) is 0 Å². The van der Waals surface area contributed by atoms with E-state index in [1.807, 2.05) is 40.0 Å². The molecule has 0 aromatic heterocycles. The minimum absolute atomic E-state index is 0.117. The van der Waals surface area contributed by atoms with Crippen LogP contribution in [0.15, 0.2) is 18.2 Å². The van der Waals surface area contributed by atoms with Crippen molar-refractivity contribution in [2.24, 2.45) is 0 Å². The van der Waals surface area contributed by atoms with Gasteiger partial charge in [-0.3, -0.25) is 10.1 Å². The molecule has 4 nitrogen and oxygen atoms in total. The molecule has 1 aromatic carbocycles. The number of nitrogens with one attached hydrogen (secondary N) is 1. The highest BCUT2D eigenvalue weighted by Gasteiger charge is 2.22. The summed E-state index contributed by atoms with van der Waals surface area (Å²) in [5, 5.41) is 14.1. The van der Waals surface area contributed by atoms with Crippen LogP contribution in [0.2, 0.25) is 0 Å². The van der Waals surface area contributed by atoms with Crippen LogP contribution in [-0.4, -0.2) is 18.0 Å². The first-order valence-corrected chi connectivity index (χ1v) is 5.39. The van der Waals surface area contributed by atoms with Crippen LogP contribution in [0.25, 0.3) is 0 Å². The van der Waals surface area contributed by atoms with Gasteiger partial charge in [0.25, 0.3) is 5.69 Å². The van der Waals surface area contributed by atoms with Crippen LogP contribution >= 0.6 is 0 Å². The molecule has 0 aliphatic carbocycles. The predicted molar refractivity (Wildman–Crippen MR) is 64.8 cm³/mol. The molecule has 0 saturated heterocycles. The van der Waals surface area contributed by atoms with Gasteiger partial charge in [-0.1, -0.05) is 19.1 Å². The summed E-state index contributed by atoms with van der Waals surface area (Å²) in [6.45, 7) is 5.88. The minimum atomic E-state index is -0.304. The Morgan fingerprint density at radius 1 is 1.38 bits per heavy atom. The second-order valence-electron chi connectivity index (χ2n) is 4.19. The molecule has 0 fully saturated rings. The van der Waals surface area contributed by atoms with Crippen LogP contribution in [0, 0.1) is 17.0 Å². The molecule has 4 heteroatoms. The monoisotopic (exact) mass is 222 g/mol. The Morgan fingerprint density at radius 3 is 2.50 bits per heavy atom. The van der Waals surface area contributed by atoms with Gasteiger partial charge in [-0.2, -0.15) is 0 Å². The zero-order valence-corrected chi connectivity index (χ0v) is 10.2. The molecule has 0 aliphatic rings. The molecule has 1 N–H and O–H groups in total. The predicted octanol–water partition coefficient (Wildman–Crippen LogP) is 2.61. The molecule has 0 saturated carbocycles. The number of rotatable bonds is 4. The van der Waals surface area contributed by atoms with Gasteiger partial charge in [0.15, 0.2) is 0 Å². The number of aryl methyl sites for hydroxylation is 1. The zero-order valence-electron chi connectivity index (χ0n) is 10.2. The number of hydrogen-bond acceptors (Lipinski definition) is 3. The van der Waals surface area contributed by atoms with Crippen molar-refractivity contribution in [2.75, 3.05) is 7.05 Å². The minimum Gasteiger partial charge on any atom is -0.317 e. The SMILES string of the molecule is CNC(C)C(C)c1ccc(C)cc1[N+](=O)[O-]. The molecule has 0 bridgehead atoms. The van der Waals surface area contributed by atoms with Gasteiger partial charge in [0.05, 0.1) is 4.92 Å².